The predicted molar refractivity (Wildman–Crippen MR) is 121 cm³/mol. The van der Waals surface area contributed by atoms with E-state index < -0.39 is 0 Å². The molecule has 0 N–H and O–H groups in total. The number of esters is 1. The highest BCUT2D eigenvalue weighted by Gasteiger charge is 2.29. The monoisotopic (exact) mass is 398 g/mol. The molecule has 0 radical (unpaired) electrons. The van der Waals surface area contributed by atoms with Crippen LogP contribution < -0.4 is 0 Å². The smallest absolute Gasteiger partial charge is 0.338 e. The van der Waals surface area contributed by atoms with E-state index in [9.17, 15) is 4.79 Å². The minimum absolute atomic E-state index is 0.119. The average Bonchev–Trinajstić information content (AvgIpc) is 2.75. The highest BCUT2D eigenvalue weighted by atomic mass is 16.5. The number of hydrogen-bond acceptors (Lipinski definition) is 2. The van der Waals surface area contributed by atoms with Crippen LogP contribution in [0.4, 0.5) is 0 Å². The number of ether oxygens (including phenoxy) is 1. The van der Waals surface area contributed by atoms with E-state index in [1.54, 1.807) is 0 Å². The summed E-state index contributed by atoms with van der Waals surface area (Å²) in [6.45, 7) is 6.97. The first-order valence-corrected chi connectivity index (χ1v) is 12.4. The minimum atomic E-state index is -0.135. The normalized spacial score (nSPS) is 30.1. The SMILES string of the molecule is CCCCCC1CC[C@@H](c2ccc(C(=O)OC3CCC(CC)CC3)cc2)[C@H](C)C1. The summed E-state index contributed by atoms with van der Waals surface area (Å²) in [4.78, 5) is 12.6. The quantitative estimate of drug-likeness (QED) is 0.328. The van der Waals surface area contributed by atoms with Crippen molar-refractivity contribution >= 4 is 5.97 Å². The first-order chi connectivity index (χ1) is 14.1. The summed E-state index contributed by atoms with van der Waals surface area (Å²) in [5, 5.41) is 0. The summed E-state index contributed by atoms with van der Waals surface area (Å²) in [6.07, 6.45) is 15.4. The fourth-order valence-corrected chi connectivity index (χ4v) is 5.69. The summed E-state index contributed by atoms with van der Waals surface area (Å²) in [6, 6.07) is 8.36. The van der Waals surface area contributed by atoms with Gasteiger partial charge in [0.05, 0.1) is 5.56 Å². The number of unbranched alkanes of at least 4 members (excludes halogenated alkanes) is 2. The largest absolute Gasteiger partial charge is 0.459 e. The van der Waals surface area contributed by atoms with Crippen molar-refractivity contribution in [1.29, 1.82) is 0 Å². The molecule has 2 saturated carbocycles. The Morgan fingerprint density at radius 3 is 2.24 bits per heavy atom. The third-order valence-electron chi connectivity index (χ3n) is 7.71. The van der Waals surface area contributed by atoms with Crippen LogP contribution in [0.2, 0.25) is 0 Å². The van der Waals surface area contributed by atoms with Gasteiger partial charge in [0.1, 0.15) is 6.10 Å². The van der Waals surface area contributed by atoms with Crippen LogP contribution in [0.5, 0.6) is 0 Å². The minimum Gasteiger partial charge on any atom is -0.459 e. The van der Waals surface area contributed by atoms with Crippen molar-refractivity contribution in [2.45, 2.75) is 110 Å². The molecule has 29 heavy (non-hydrogen) atoms. The number of benzene rings is 1. The number of rotatable bonds is 8. The Balaban J connectivity index is 1.49. The van der Waals surface area contributed by atoms with Gasteiger partial charge in [-0.3, -0.25) is 0 Å². The Labute approximate surface area is 178 Å². The van der Waals surface area contributed by atoms with Crippen LogP contribution in [0.1, 0.15) is 120 Å². The van der Waals surface area contributed by atoms with Crippen molar-refractivity contribution in [3.63, 3.8) is 0 Å². The maximum Gasteiger partial charge on any atom is 0.338 e. The molecule has 1 aromatic carbocycles. The van der Waals surface area contributed by atoms with Gasteiger partial charge in [0.25, 0.3) is 0 Å². The van der Waals surface area contributed by atoms with Crippen molar-refractivity contribution in [3.8, 4) is 0 Å². The van der Waals surface area contributed by atoms with E-state index in [0.717, 1.165) is 30.6 Å². The van der Waals surface area contributed by atoms with Gasteiger partial charge in [-0.25, -0.2) is 4.79 Å². The zero-order chi connectivity index (χ0) is 20.6. The van der Waals surface area contributed by atoms with Gasteiger partial charge in [-0.2, -0.15) is 0 Å². The molecule has 0 aromatic heterocycles. The van der Waals surface area contributed by atoms with Gasteiger partial charge in [0.15, 0.2) is 0 Å². The first-order valence-electron chi connectivity index (χ1n) is 12.4. The standard InChI is InChI=1S/C27H42O2/c1-4-6-7-8-22-11-18-26(20(3)19-22)23-12-14-24(15-13-23)27(28)29-25-16-9-21(5-2)10-17-25/h12-15,20-22,25-26H,4-11,16-19H2,1-3H3/t20-,21?,22?,25?,26-/m1/s1. The van der Waals surface area contributed by atoms with Crippen LogP contribution in [0.15, 0.2) is 24.3 Å². The topological polar surface area (TPSA) is 26.3 Å². The highest BCUT2D eigenvalue weighted by Crippen LogP contribution is 2.42. The van der Waals surface area contributed by atoms with Gasteiger partial charge in [0.2, 0.25) is 0 Å². The summed E-state index contributed by atoms with van der Waals surface area (Å²) in [7, 11) is 0. The third-order valence-corrected chi connectivity index (χ3v) is 7.71. The lowest BCUT2D eigenvalue weighted by atomic mass is 9.71. The fourth-order valence-electron chi connectivity index (χ4n) is 5.69. The lowest BCUT2D eigenvalue weighted by molar-refractivity contribution is 0.0164. The Kier molecular flexibility index (Phi) is 8.63. The van der Waals surface area contributed by atoms with E-state index in [-0.39, 0.29) is 12.1 Å². The highest BCUT2D eigenvalue weighted by molar-refractivity contribution is 5.89. The molecule has 162 valence electrons. The van der Waals surface area contributed by atoms with E-state index in [2.05, 4.69) is 32.9 Å². The van der Waals surface area contributed by atoms with Crippen LogP contribution in [-0.2, 0) is 4.74 Å². The number of carbonyl (C=O) groups excluding carboxylic acids is 1. The molecule has 2 fully saturated rings. The van der Waals surface area contributed by atoms with Crippen molar-refractivity contribution < 1.29 is 9.53 Å². The summed E-state index contributed by atoms with van der Waals surface area (Å²) in [5.41, 5.74) is 2.12. The molecule has 0 bridgehead atoms. The molecule has 0 saturated heterocycles. The van der Waals surface area contributed by atoms with E-state index >= 15 is 0 Å². The van der Waals surface area contributed by atoms with Crippen LogP contribution in [0, 0.1) is 17.8 Å². The number of carbonyl (C=O) groups is 1. The Hall–Kier alpha value is -1.31. The predicted octanol–water partition coefficient (Wildman–Crippen LogP) is 7.91. The second-order valence-corrected chi connectivity index (χ2v) is 9.84. The van der Waals surface area contributed by atoms with Crippen LogP contribution >= 0.6 is 0 Å². The van der Waals surface area contributed by atoms with E-state index in [4.69, 9.17) is 4.74 Å². The molecule has 0 amide bonds. The molecule has 1 unspecified atom stereocenters. The van der Waals surface area contributed by atoms with Crippen molar-refractivity contribution in [1.82, 2.24) is 0 Å². The van der Waals surface area contributed by atoms with Gasteiger partial charge in [-0.15, -0.1) is 0 Å². The molecule has 2 heteroatoms. The maximum atomic E-state index is 12.6. The van der Waals surface area contributed by atoms with E-state index in [0.29, 0.717) is 11.5 Å². The Morgan fingerprint density at radius 2 is 1.62 bits per heavy atom. The second-order valence-electron chi connectivity index (χ2n) is 9.84. The van der Waals surface area contributed by atoms with E-state index in [1.807, 2.05) is 12.1 Å². The Morgan fingerprint density at radius 1 is 0.931 bits per heavy atom. The van der Waals surface area contributed by atoms with Crippen molar-refractivity contribution in [2.75, 3.05) is 0 Å². The third kappa shape index (κ3) is 6.33. The molecule has 1 aromatic rings. The average molecular weight is 399 g/mol. The van der Waals surface area contributed by atoms with Gasteiger partial charge >= 0.3 is 5.97 Å². The van der Waals surface area contributed by atoms with Gasteiger partial charge in [0, 0.05) is 0 Å². The Bertz CT molecular complexity index is 612. The van der Waals surface area contributed by atoms with Gasteiger partial charge in [-0.05, 0) is 86.3 Å². The lowest BCUT2D eigenvalue weighted by Gasteiger charge is -2.34. The maximum absolute atomic E-state index is 12.6. The summed E-state index contributed by atoms with van der Waals surface area (Å²) in [5.74, 6) is 3.00. The molecule has 2 aliphatic rings. The molecule has 0 aliphatic heterocycles. The molecule has 3 atom stereocenters. The molecular formula is C27H42O2. The van der Waals surface area contributed by atoms with Crippen LogP contribution in [-0.4, -0.2) is 12.1 Å². The molecule has 3 rings (SSSR count). The lowest BCUT2D eigenvalue weighted by Crippen LogP contribution is -2.24. The van der Waals surface area contributed by atoms with Crippen LogP contribution in [0.3, 0.4) is 0 Å². The molecule has 2 nitrogen and oxygen atoms in total. The zero-order valence-corrected chi connectivity index (χ0v) is 19.0. The zero-order valence-electron chi connectivity index (χ0n) is 19.0. The van der Waals surface area contributed by atoms with Gasteiger partial charge in [-0.1, -0.05) is 65.0 Å². The molecule has 0 heterocycles. The number of hydrogen-bond donors (Lipinski definition) is 0. The second kappa shape index (κ2) is 11.2. The summed E-state index contributed by atoms with van der Waals surface area (Å²) < 4.78 is 5.80. The van der Waals surface area contributed by atoms with Gasteiger partial charge < -0.3 is 4.74 Å². The molecule has 2 aliphatic carbocycles. The van der Waals surface area contributed by atoms with Crippen molar-refractivity contribution in [3.05, 3.63) is 35.4 Å². The first kappa shape index (κ1) is 22.4. The summed E-state index contributed by atoms with van der Waals surface area (Å²) >= 11 is 0. The fraction of sp³-hybridized carbons (Fsp3) is 0.741. The van der Waals surface area contributed by atoms with Crippen molar-refractivity contribution in [2.24, 2.45) is 17.8 Å². The van der Waals surface area contributed by atoms with Crippen LogP contribution in [0.25, 0.3) is 0 Å². The molecular weight excluding hydrogens is 356 g/mol. The molecule has 0 spiro atoms. The van der Waals surface area contributed by atoms with E-state index in [1.165, 1.54) is 69.8 Å².